The molecule has 0 saturated carbocycles. The molecule has 0 unspecified atom stereocenters. The van der Waals surface area contributed by atoms with Gasteiger partial charge < -0.3 is 19.5 Å². The normalized spacial score (nSPS) is 9.95. The van der Waals surface area contributed by atoms with Gasteiger partial charge in [-0.2, -0.15) is 0 Å². The average Bonchev–Trinajstić information content (AvgIpc) is 2.44. The summed E-state index contributed by atoms with van der Waals surface area (Å²) in [5.74, 6) is -0.274. The fourth-order valence-corrected chi connectivity index (χ4v) is 1.82. The predicted molar refractivity (Wildman–Crippen MR) is 73.4 cm³/mol. The Morgan fingerprint density at radius 2 is 1.75 bits per heavy atom. The Kier molecular flexibility index (Phi) is 5.83. The van der Waals surface area contributed by atoms with E-state index in [2.05, 4.69) is 0 Å². The van der Waals surface area contributed by atoms with Gasteiger partial charge in [-0.1, -0.05) is 6.07 Å². The van der Waals surface area contributed by atoms with Gasteiger partial charge in [-0.25, -0.2) is 0 Å². The highest BCUT2D eigenvalue weighted by molar-refractivity contribution is 5.99. The number of carboxylic acids is 1. The van der Waals surface area contributed by atoms with Crippen LogP contribution in [0.15, 0.2) is 18.2 Å². The molecule has 6 nitrogen and oxygen atoms in total. The van der Waals surface area contributed by atoms with Crippen LogP contribution in [0.1, 0.15) is 23.2 Å². The minimum Gasteiger partial charge on any atom is -0.496 e. The van der Waals surface area contributed by atoms with Gasteiger partial charge in [-0.15, -0.1) is 0 Å². The summed E-state index contributed by atoms with van der Waals surface area (Å²) in [5.41, 5.74) is 0.343. The van der Waals surface area contributed by atoms with Gasteiger partial charge in [0, 0.05) is 20.0 Å². The van der Waals surface area contributed by atoms with E-state index in [9.17, 15) is 9.59 Å². The third kappa shape index (κ3) is 3.88. The first-order valence-corrected chi connectivity index (χ1v) is 6.19. The smallest absolute Gasteiger partial charge is 0.303 e. The Hall–Kier alpha value is -2.24. The molecule has 0 atom stereocenters. The molecule has 0 aliphatic carbocycles. The van der Waals surface area contributed by atoms with Gasteiger partial charge >= 0.3 is 5.97 Å². The monoisotopic (exact) mass is 281 g/mol. The van der Waals surface area contributed by atoms with E-state index >= 15 is 0 Å². The molecule has 0 aliphatic rings. The first kappa shape index (κ1) is 15.8. The quantitative estimate of drug-likeness (QED) is 0.822. The van der Waals surface area contributed by atoms with Gasteiger partial charge in [0.1, 0.15) is 17.1 Å². The standard InChI is InChI=1S/C14H19NO5/c1-15(9-5-8-12(16)17)14(18)13-10(19-2)6-4-7-11(13)20-3/h4,6-7H,5,8-9H2,1-3H3,(H,16,17). The third-order valence-electron chi connectivity index (χ3n) is 2.87. The van der Waals surface area contributed by atoms with E-state index in [-0.39, 0.29) is 12.3 Å². The Labute approximate surface area is 117 Å². The molecule has 0 bridgehead atoms. The molecule has 1 aromatic carbocycles. The van der Waals surface area contributed by atoms with Crippen LogP contribution in [-0.2, 0) is 4.79 Å². The van der Waals surface area contributed by atoms with Crippen molar-refractivity contribution in [2.24, 2.45) is 0 Å². The molecule has 6 heteroatoms. The highest BCUT2D eigenvalue weighted by Crippen LogP contribution is 2.29. The molecule has 0 aromatic heterocycles. The number of ether oxygens (including phenoxy) is 2. The van der Waals surface area contributed by atoms with E-state index in [4.69, 9.17) is 14.6 Å². The topological polar surface area (TPSA) is 76.1 Å². The summed E-state index contributed by atoms with van der Waals surface area (Å²) in [7, 11) is 4.59. The van der Waals surface area contributed by atoms with Crippen molar-refractivity contribution in [1.82, 2.24) is 4.90 Å². The van der Waals surface area contributed by atoms with E-state index < -0.39 is 5.97 Å². The summed E-state index contributed by atoms with van der Waals surface area (Å²) in [4.78, 5) is 24.3. The van der Waals surface area contributed by atoms with Crippen molar-refractivity contribution in [3.63, 3.8) is 0 Å². The zero-order chi connectivity index (χ0) is 15.1. The number of rotatable bonds is 7. The second-order valence-electron chi connectivity index (χ2n) is 4.26. The van der Waals surface area contributed by atoms with Crippen LogP contribution in [0, 0.1) is 0 Å². The Bertz CT molecular complexity index is 464. The van der Waals surface area contributed by atoms with Crippen LogP contribution >= 0.6 is 0 Å². The van der Waals surface area contributed by atoms with Gasteiger partial charge in [0.05, 0.1) is 14.2 Å². The van der Waals surface area contributed by atoms with Gasteiger partial charge in [0.2, 0.25) is 0 Å². The largest absolute Gasteiger partial charge is 0.496 e. The first-order valence-electron chi connectivity index (χ1n) is 6.19. The van der Waals surface area contributed by atoms with E-state index in [0.29, 0.717) is 30.0 Å². The Morgan fingerprint density at radius 1 is 1.20 bits per heavy atom. The number of hydrogen-bond acceptors (Lipinski definition) is 4. The molecular weight excluding hydrogens is 262 g/mol. The summed E-state index contributed by atoms with van der Waals surface area (Å²) in [5, 5.41) is 8.60. The second-order valence-corrected chi connectivity index (χ2v) is 4.26. The molecule has 0 saturated heterocycles. The summed E-state index contributed by atoms with van der Waals surface area (Å²) in [6.07, 6.45) is 0.426. The lowest BCUT2D eigenvalue weighted by Crippen LogP contribution is -2.28. The number of carbonyl (C=O) groups excluding carboxylic acids is 1. The number of amides is 1. The van der Waals surface area contributed by atoms with E-state index in [1.54, 1.807) is 25.2 Å². The van der Waals surface area contributed by atoms with Crippen molar-refractivity contribution < 1.29 is 24.2 Å². The SMILES string of the molecule is COc1cccc(OC)c1C(=O)N(C)CCCC(=O)O. The number of carbonyl (C=O) groups is 2. The van der Waals surface area contributed by atoms with Crippen LogP contribution in [0.4, 0.5) is 0 Å². The van der Waals surface area contributed by atoms with Crippen LogP contribution in [0.5, 0.6) is 11.5 Å². The van der Waals surface area contributed by atoms with Crippen LogP contribution in [0.3, 0.4) is 0 Å². The molecule has 0 fully saturated rings. The Balaban J connectivity index is 2.87. The average molecular weight is 281 g/mol. The summed E-state index contributed by atoms with van der Waals surface area (Å²) >= 11 is 0. The van der Waals surface area contributed by atoms with Crippen LogP contribution in [0.25, 0.3) is 0 Å². The number of hydrogen-bond donors (Lipinski definition) is 1. The lowest BCUT2D eigenvalue weighted by Gasteiger charge is -2.20. The highest BCUT2D eigenvalue weighted by atomic mass is 16.5. The van der Waals surface area contributed by atoms with Crippen LogP contribution in [-0.4, -0.2) is 49.7 Å². The van der Waals surface area contributed by atoms with Gasteiger partial charge in [-0.05, 0) is 18.6 Å². The van der Waals surface area contributed by atoms with Crippen LogP contribution in [0.2, 0.25) is 0 Å². The minimum atomic E-state index is -0.874. The molecule has 1 amide bonds. The lowest BCUT2D eigenvalue weighted by molar-refractivity contribution is -0.137. The van der Waals surface area contributed by atoms with Crippen LogP contribution < -0.4 is 9.47 Å². The fourth-order valence-electron chi connectivity index (χ4n) is 1.82. The summed E-state index contributed by atoms with van der Waals surface area (Å²) < 4.78 is 10.4. The van der Waals surface area contributed by atoms with Crippen molar-refractivity contribution in [1.29, 1.82) is 0 Å². The van der Waals surface area contributed by atoms with Crippen molar-refractivity contribution in [3.05, 3.63) is 23.8 Å². The highest BCUT2D eigenvalue weighted by Gasteiger charge is 2.21. The predicted octanol–water partition coefficient (Wildman–Crippen LogP) is 1.64. The fraction of sp³-hybridized carbons (Fsp3) is 0.429. The molecule has 110 valence electrons. The number of benzene rings is 1. The van der Waals surface area contributed by atoms with Crippen molar-refractivity contribution in [3.8, 4) is 11.5 Å². The molecule has 0 heterocycles. The molecule has 0 aliphatic heterocycles. The summed E-state index contributed by atoms with van der Waals surface area (Å²) in [6, 6.07) is 5.10. The number of nitrogens with zero attached hydrogens (tertiary/aromatic N) is 1. The summed E-state index contributed by atoms with van der Waals surface area (Å²) in [6.45, 7) is 0.354. The third-order valence-corrected chi connectivity index (χ3v) is 2.87. The lowest BCUT2D eigenvalue weighted by atomic mass is 10.1. The molecule has 1 rings (SSSR count). The molecule has 1 N–H and O–H groups in total. The Morgan fingerprint density at radius 3 is 2.20 bits per heavy atom. The maximum Gasteiger partial charge on any atom is 0.303 e. The molecule has 1 aromatic rings. The minimum absolute atomic E-state index is 0.0285. The van der Waals surface area contributed by atoms with Crippen molar-refractivity contribution in [2.75, 3.05) is 27.8 Å². The number of carboxylic acid groups (broad SMARTS) is 1. The second kappa shape index (κ2) is 7.37. The molecule has 0 spiro atoms. The maximum absolute atomic E-state index is 12.4. The molecular formula is C14H19NO5. The molecule has 0 radical (unpaired) electrons. The van der Waals surface area contributed by atoms with Crippen molar-refractivity contribution in [2.45, 2.75) is 12.8 Å². The number of methoxy groups -OCH3 is 2. The van der Waals surface area contributed by atoms with E-state index in [0.717, 1.165) is 0 Å². The van der Waals surface area contributed by atoms with Gasteiger partial charge in [-0.3, -0.25) is 9.59 Å². The van der Waals surface area contributed by atoms with Gasteiger partial charge in [0.25, 0.3) is 5.91 Å². The van der Waals surface area contributed by atoms with E-state index in [1.165, 1.54) is 19.1 Å². The zero-order valence-electron chi connectivity index (χ0n) is 11.9. The zero-order valence-corrected chi connectivity index (χ0v) is 11.9. The maximum atomic E-state index is 12.4. The van der Waals surface area contributed by atoms with Gasteiger partial charge in [0.15, 0.2) is 0 Å². The van der Waals surface area contributed by atoms with Crippen molar-refractivity contribution >= 4 is 11.9 Å². The number of aliphatic carboxylic acids is 1. The molecule has 20 heavy (non-hydrogen) atoms. The van der Waals surface area contributed by atoms with E-state index in [1.807, 2.05) is 0 Å². The first-order chi connectivity index (χ1) is 9.51.